The largest absolute Gasteiger partial charge is 0.292 e. The highest BCUT2D eigenvalue weighted by molar-refractivity contribution is 7.10. The van der Waals surface area contributed by atoms with E-state index in [0.717, 1.165) is 12.2 Å². The summed E-state index contributed by atoms with van der Waals surface area (Å²) in [6, 6.07) is 2.14. The van der Waals surface area contributed by atoms with Gasteiger partial charge in [0.25, 0.3) is 0 Å². The Kier molecular flexibility index (Phi) is 1.37. The number of rotatable bonds is 0. The Hall–Kier alpha value is -1.42. The predicted octanol–water partition coefficient (Wildman–Crippen LogP) is 1.87. The first-order valence-corrected chi connectivity index (χ1v) is 4.94. The Balaban J connectivity index is 2.20. The average molecular weight is 189 g/mol. The molecule has 13 heavy (non-hydrogen) atoms. The summed E-state index contributed by atoms with van der Waals surface area (Å²) in [6.07, 6.45) is 6.74. The van der Waals surface area contributed by atoms with Crippen LogP contribution < -0.4 is 0 Å². The molecule has 4 heteroatoms. The van der Waals surface area contributed by atoms with E-state index in [0.29, 0.717) is 0 Å². The van der Waals surface area contributed by atoms with Gasteiger partial charge in [-0.1, -0.05) is 0 Å². The van der Waals surface area contributed by atoms with Crippen molar-refractivity contribution in [3.05, 3.63) is 34.0 Å². The molecule has 2 aromatic heterocycles. The summed E-state index contributed by atoms with van der Waals surface area (Å²) < 4.78 is 1.96. The molecule has 0 fully saturated rings. The third-order valence-electron chi connectivity index (χ3n) is 2.16. The molecule has 0 spiro atoms. The van der Waals surface area contributed by atoms with E-state index in [9.17, 15) is 0 Å². The Bertz CT molecular complexity index is 424. The van der Waals surface area contributed by atoms with E-state index in [1.807, 2.05) is 10.8 Å². The van der Waals surface area contributed by atoms with E-state index in [4.69, 9.17) is 0 Å². The second-order valence-electron chi connectivity index (χ2n) is 2.95. The van der Waals surface area contributed by atoms with Crippen molar-refractivity contribution < 1.29 is 0 Å². The van der Waals surface area contributed by atoms with Crippen LogP contribution in [0.15, 0.2) is 17.8 Å². The Labute approximate surface area is 79.4 Å². The van der Waals surface area contributed by atoms with E-state index in [1.54, 1.807) is 17.7 Å². The second kappa shape index (κ2) is 2.53. The van der Waals surface area contributed by atoms with Gasteiger partial charge >= 0.3 is 0 Å². The molecule has 0 amide bonds. The molecule has 0 aromatic carbocycles. The summed E-state index contributed by atoms with van der Waals surface area (Å²) >= 11 is 1.77. The van der Waals surface area contributed by atoms with Crippen LogP contribution in [0.2, 0.25) is 0 Å². The maximum atomic E-state index is 4.06. The zero-order chi connectivity index (χ0) is 8.67. The summed E-state index contributed by atoms with van der Waals surface area (Å²) in [4.78, 5) is 1.36. The summed E-state index contributed by atoms with van der Waals surface area (Å²) in [5.74, 6) is 1.01. The molecule has 0 unspecified atom stereocenters. The van der Waals surface area contributed by atoms with E-state index in [1.165, 1.54) is 10.4 Å². The van der Waals surface area contributed by atoms with Crippen LogP contribution in [-0.4, -0.2) is 14.8 Å². The predicted molar refractivity (Wildman–Crippen MR) is 52.4 cm³/mol. The lowest BCUT2D eigenvalue weighted by molar-refractivity contribution is 0.949. The summed E-state index contributed by atoms with van der Waals surface area (Å²) in [5.41, 5.74) is 1.30. The van der Waals surface area contributed by atoms with E-state index >= 15 is 0 Å². The molecule has 0 saturated heterocycles. The number of thiophene rings is 1. The molecular formula is C9H7N3S. The van der Waals surface area contributed by atoms with Gasteiger partial charge in [0.2, 0.25) is 0 Å². The molecule has 64 valence electrons. The maximum absolute atomic E-state index is 4.06. The van der Waals surface area contributed by atoms with E-state index in [2.05, 4.69) is 27.7 Å². The zero-order valence-electron chi connectivity index (χ0n) is 6.84. The fourth-order valence-corrected chi connectivity index (χ4v) is 2.33. The monoisotopic (exact) mass is 189 g/mol. The quantitative estimate of drug-likeness (QED) is 0.540. The highest BCUT2D eigenvalue weighted by Gasteiger charge is 2.10. The minimum Gasteiger partial charge on any atom is -0.292 e. The maximum Gasteiger partial charge on any atom is 0.142 e. The highest BCUT2D eigenvalue weighted by atomic mass is 32.1. The number of hydrogen-bond donors (Lipinski definition) is 0. The van der Waals surface area contributed by atoms with Crippen LogP contribution >= 0.6 is 11.3 Å². The third-order valence-corrected chi connectivity index (χ3v) is 3.10. The molecule has 1 aliphatic heterocycles. The van der Waals surface area contributed by atoms with Gasteiger partial charge in [0.15, 0.2) is 0 Å². The zero-order valence-corrected chi connectivity index (χ0v) is 7.66. The van der Waals surface area contributed by atoms with Crippen molar-refractivity contribution in [2.24, 2.45) is 0 Å². The molecule has 3 heterocycles. The molecule has 0 radical (unpaired) electrons. The Morgan fingerprint density at radius 2 is 2.46 bits per heavy atom. The first-order valence-electron chi connectivity index (χ1n) is 4.06. The van der Waals surface area contributed by atoms with Crippen LogP contribution in [0.4, 0.5) is 0 Å². The van der Waals surface area contributed by atoms with Gasteiger partial charge in [-0.25, -0.2) is 0 Å². The molecule has 0 aliphatic carbocycles. The van der Waals surface area contributed by atoms with Crippen LogP contribution in [0.25, 0.3) is 12.3 Å². The summed E-state index contributed by atoms with van der Waals surface area (Å²) in [5, 5.41) is 10.0. The lowest BCUT2D eigenvalue weighted by atomic mass is 10.2. The van der Waals surface area contributed by atoms with Crippen molar-refractivity contribution >= 4 is 23.6 Å². The Morgan fingerprint density at radius 1 is 1.46 bits per heavy atom. The fourth-order valence-electron chi connectivity index (χ4n) is 1.46. The minimum atomic E-state index is 0.889. The lowest BCUT2D eigenvalue weighted by Gasteiger charge is -1.94. The van der Waals surface area contributed by atoms with Crippen molar-refractivity contribution in [2.75, 3.05) is 0 Å². The SMILES string of the molecule is C1=Cn2cnnc2Cc2sccc21. The molecule has 1 aliphatic rings. The highest BCUT2D eigenvalue weighted by Crippen LogP contribution is 2.23. The van der Waals surface area contributed by atoms with E-state index in [-0.39, 0.29) is 0 Å². The number of hydrogen-bond acceptors (Lipinski definition) is 3. The molecule has 0 N–H and O–H groups in total. The minimum absolute atomic E-state index is 0.889. The van der Waals surface area contributed by atoms with Gasteiger partial charge in [-0.3, -0.25) is 4.57 Å². The Morgan fingerprint density at radius 3 is 3.46 bits per heavy atom. The normalized spacial score (nSPS) is 13.5. The van der Waals surface area contributed by atoms with Gasteiger partial charge in [-0.15, -0.1) is 21.5 Å². The number of aromatic nitrogens is 3. The standard InChI is InChI=1S/C9H7N3S/c1-3-12-6-10-11-9(12)5-8-7(1)2-4-13-8/h1-4,6H,5H2. The topological polar surface area (TPSA) is 30.7 Å². The van der Waals surface area contributed by atoms with Crippen molar-refractivity contribution in [3.8, 4) is 0 Å². The van der Waals surface area contributed by atoms with Gasteiger partial charge in [-0.05, 0) is 23.1 Å². The van der Waals surface area contributed by atoms with Crippen LogP contribution in [0.3, 0.4) is 0 Å². The smallest absolute Gasteiger partial charge is 0.142 e. The van der Waals surface area contributed by atoms with Gasteiger partial charge in [0.1, 0.15) is 12.2 Å². The van der Waals surface area contributed by atoms with Gasteiger partial charge in [-0.2, -0.15) is 0 Å². The number of nitrogens with zero attached hydrogens (tertiary/aromatic N) is 3. The van der Waals surface area contributed by atoms with Crippen LogP contribution in [0.1, 0.15) is 16.3 Å². The third kappa shape index (κ3) is 1.02. The van der Waals surface area contributed by atoms with Crippen LogP contribution in [0.5, 0.6) is 0 Å². The van der Waals surface area contributed by atoms with Crippen molar-refractivity contribution in [1.29, 1.82) is 0 Å². The first-order chi connectivity index (χ1) is 6.43. The van der Waals surface area contributed by atoms with Crippen molar-refractivity contribution in [2.45, 2.75) is 6.42 Å². The van der Waals surface area contributed by atoms with Gasteiger partial charge < -0.3 is 0 Å². The van der Waals surface area contributed by atoms with Gasteiger partial charge in [0, 0.05) is 17.5 Å². The van der Waals surface area contributed by atoms with Crippen LogP contribution in [0, 0.1) is 0 Å². The van der Waals surface area contributed by atoms with Gasteiger partial charge in [0.05, 0.1) is 0 Å². The van der Waals surface area contributed by atoms with Crippen LogP contribution in [-0.2, 0) is 6.42 Å². The van der Waals surface area contributed by atoms with Crippen molar-refractivity contribution in [1.82, 2.24) is 14.8 Å². The molecule has 0 atom stereocenters. The fraction of sp³-hybridized carbons (Fsp3) is 0.111. The van der Waals surface area contributed by atoms with Crippen molar-refractivity contribution in [3.63, 3.8) is 0 Å². The molecule has 3 rings (SSSR count). The number of fused-ring (bicyclic) bond motifs is 2. The first kappa shape index (κ1) is 7.03. The molecule has 0 bridgehead atoms. The lowest BCUT2D eigenvalue weighted by Crippen LogP contribution is -1.93. The second-order valence-corrected chi connectivity index (χ2v) is 3.95. The van der Waals surface area contributed by atoms with E-state index < -0.39 is 0 Å². The average Bonchev–Trinajstić information content (AvgIpc) is 2.72. The molecule has 0 saturated carbocycles. The molecule has 2 aromatic rings. The molecule has 3 nitrogen and oxygen atoms in total. The summed E-state index contributed by atoms with van der Waals surface area (Å²) in [7, 11) is 0. The molecular weight excluding hydrogens is 182 g/mol. The summed E-state index contributed by atoms with van der Waals surface area (Å²) in [6.45, 7) is 0.